The molecule has 2 aromatic carbocycles. The molecule has 0 radical (unpaired) electrons. The summed E-state index contributed by atoms with van der Waals surface area (Å²) in [6.45, 7) is 0. The lowest BCUT2D eigenvalue weighted by atomic mass is 10.00. The molecule has 1 amide bonds. The largest absolute Gasteiger partial charge is 0.507 e. The summed E-state index contributed by atoms with van der Waals surface area (Å²) in [5.74, 6) is -1.70. The molecule has 0 bridgehead atoms. The van der Waals surface area contributed by atoms with Crippen LogP contribution in [0.15, 0.2) is 71.6 Å². The molecule has 0 aliphatic carbocycles. The Morgan fingerprint density at radius 1 is 0.964 bits per heavy atom. The minimum Gasteiger partial charge on any atom is -0.507 e. The zero-order valence-corrected chi connectivity index (χ0v) is 16.6. The highest BCUT2D eigenvalue weighted by Gasteiger charge is 2.47. The van der Waals surface area contributed by atoms with Gasteiger partial charge in [0.15, 0.2) is 0 Å². The Morgan fingerprint density at radius 2 is 1.71 bits per heavy atom. The first kappa shape index (κ1) is 18.7. The molecule has 1 unspecified atom stereocenters. The molecule has 1 aliphatic rings. The number of benzene rings is 2. The molecule has 7 heteroatoms. The molecule has 0 saturated carbocycles. The van der Waals surface area contributed by atoms with Gasteiger partial charge in [0.05, 0.1) is 5.57 Å². The van der Waals surface area contributed by atoms with Crippen LogP contribution in [0, 0.1) is 0 Å². The van der Waals surface area contributed by atoms with Gasteiger partial charge in [-0.05, 0) is 47.8 Å². The molecule has 1 saturated heterocycles. The van der Waals surface area contributed by atoms with E-state index in [9.17, 15) is 14.7 Å². The Morgan fingerprint density at radius 3 is 2.36 bits per heavy atom. The normalized spacial score (nSPS) is 18.6. The maximum atomic E-state index is 12.9. The Balaban J connectivity index is 1.93. The summed E-state index contributed by atoms with van der Waals surface area (Å²) < 4.78 is 0. The van der Waals surface area contributed by atoms with E-state index in [0.29, 0.717) is 21.3 Å². The van der Waals surface area contributed by atoms with Crippen LogP contribution in [0.25, 0.3) is 5.76 Å². The number of aliphatic hydroxyl groups is 1. The van der Waals surface area contributed by atoms with Gasteiger partial charge >= 0.3 is 0 Å². The minimum atomic E-state index is -0.745. The number of aliphatic hydroxyl groups excluding tert-OH is 1. The summed E-state index contributed by atoms with van der Waals surface area (Å²) in [5.41, 5.74) is 0.933. The van der Waals surface area contributed by atoms with Gasteiger partial charge in [-0.3, -0.25) is 14.5 Å². The molecular weight excluding hydrogens is 417 g/mol. The monoisotopic (exact) mass is 429 g/mol. The molecule has 2 heterocycles. The van der Waals surface area contributed by atoms with E-state index in [4.69, 9.17) is 23.2 Å². The average molecular weight is 430 g/mol. The number of amides is 1. The van der Waals surface area contributed by atoms with Crippen molar-refractivity contribution in [2.24, 2.45) is 0 Å². The van der Waals surface area contributed by atoms with Gasteiger partial charge in [-0.2, -0.15) is 0 Å². The smallest absolute Gasteiger partial charge is 0.300 e. The maximum Gasteiger partial charge on any atom is 0.300 e. The van der Waals surface area contributed by atoms with Crippen molar-refractivity contribution in [3.8, 4) is 0 Å². The van der Waals surface area contributed by atoms with Crippen molar-refractivity contribution < 1.29 is 14.7 Å². The van der Waals surface area contributed by atoms with Crippen molar-refractivity contribution in [3.63, 3.8) is 0 Å². The van der Waals surface area contributed by atoms with E-state index >= 15 is 0 Å². The van der Waals surface area contributed by atoms with Gasteiger partial charge in [0, 0.05) is 26.2 Å². The van der Waals surface area contributed by atoms with Crippen molar-refractivity contribution >= 4 is 57.7 Å². The fourth-order valence-corrected chi connectivity index (χ4v) is 4.35. The van der Waals surface area contributed by atoms with E-state index in [1.165, 1.54) is 16.2 Å². The lowest BCUT2D eigenvalue weighted by Gasteiger charge is -2.24. The highest BCUT2D eigenvalue weighted by Crippen LogP contribution is 2.43. The second kappa shape index (κ2) is 7.43. The number of anilines is 1. The second-order valence-corrected chi connectivity index (χ2v) is 8.02. The molecular formula is C21H13Cl2NO3S. The zero-order chi connectivity index (χ0) is 19.8. The first-order valence-corrected chi connectivity index (χ1v) is 9.97. The fraction of sp³-hybridized carbons (Fsp3) is 0.0476. The van der Waals surface area contributed by atoms with Crippen LogP contribution in [0.4, 0.5) is 5.69 Å². The molecule has 1 N–H and O–H groups in total. The summed E-state index contributed by atoms with van der Waals surface area (Å²) in [6.07, 6.45) is 0. The van der Waals surface area contributed by atoms with Crippen LogP contribution in [0.1, 0.15) is 16.5 Å². The first-order chi connectivity index (χ1) is 13.5. The van der Waals surface area contributed by atoms with Gasteiger partial charge < -0.3 is 5.11 Å². The molecule has 1 aromatic heterocycles. The van der Waals surface area contributed by atoms with Crippen molar-refractivity contribution in [2.45, 2.75) is 6.04 Å². The molecule has 0 spiro atoms. The van der Waals surface area contributed by atoms with E-state index in [0.717, 1.165) is 4.88 Å². The first-order valence-electron chi connectivity index (χ1n) is 8.33. The molecule has 28 heavy (non-hydrogen) atoms. The van der Waals surface area contributed by atoms with Crippen LogP contribution < -0.4 is 4.90 Å². The van der Waals surface area contributed by atoms with Gasteiger partial charge in [0.25, 0.3) is 11.7 Å². The van der Waals surface area contributed by atoms with Crippen molar-refractivity contribution in [1.29, 1.82) is 0 Å². The molecule has 1 fully saturated rings. The van der Waals surface area contributed by atoms with Crippen LogP contribution in [0.3, 0.4) is 0 Å². The molecule has 3 aromatic rings. The number of thiophene rings is 1. The van der Waals surface area contributed by atoms with E-state index in [2.05, 4.69) is 0 Å². The quantitative estimate of drug-likeness (QED) is 0.330. The van der Waals surface area contributed by atoms with Crippen LogP contribution in [0.5, 0.6) is 0 Å². The number of carbonyl (C=O) groups is 2. The fourth-order valence-electron chi connectivity index (χ4n) is 3.21. The number of carbonyl (C=O) groups excluding carboxylic acids is 2. The summed E-state index contributed by atoms with van der Waals surface area (Å²) in [7, 11) is 0. The number of nitrogens with zero attached hydrogens (tertiary/aromatic N) is 1. The predicted octanol–water partition coefficient (Wildman–Crippen LogP) is 5.68. The zero-order valence-electron chi connectivity index (χ0n) is 14.3. The maximum absolute atomic E-state index is 12.9. The van der Waals surface area contributed by atoms with E-state index in [1.54, 1.807) is 48.5 Å². The summed E-state index contributed by atoms with van der Waals surface area (Å²) in [6, 6.07) is 16.1. The van der Waals surface area contributed by atoms with Crippen LogP contribution in [0.2, 0.25) is 10.0 Å². The third kappa shape index (κ3) is 3.22. The average Bonchev–Trinajstić information content (AvgIpc) is 3.30. The predicted molar refractivity (Wildman–Crippen MR) is 112 cm³/mol. The van der Waals surface area contributed by atoms with Crippen LogP contribution in [-0.4, -0.2) is 16.8 Å². The van der Waals surface area contributed by atoms with Crippen LogP contribution in [-0.2, 0) is 9.59 Å². The number of halogens is 2. The van der Waals surface area contributed by atoms with Crippen LogP contribution >= 0.6 is 34.5 Å². The summed E-state index contributed by atoms with van der Waals surface area (Å²) in [4.78, 5) is 27.9. The Labute approximate surface area is 175 Å². The Kier molecular flexibility index (Phi) is 4.98. The Hall–Kier alpha value is -2.60. The molecule has 1 atom stereocenters. The third-order valence-corrected chi connectivity index (χ3v) is 5.87. The second-order valence-electron chi connectivity index (χ2n) is 6.17. The summed E-state index contributed by atoms with van der Waals surface area (Å²) in [5, 5.41) is 13.7. The summed E-state index contributed by atoms with van der Waals surface area (Å²) >= 11 is 13.4. The van der Waals surface area contributed by atoms with Gasteiger partial charge in [0.2, 0.25) is 0 Å². The molecule has 140 valence electrons. The van der Waals surface area contributed by atoms with E-state index < -0.39 is 17.7 Å². The van der Waals surface area contributed by atoms with E-state index in [1.807, 2.05) is 17.5 Å². The topological polar surface area (TPSA) is 57.6 Å². The number of hydrogen-bond acceptors (Lipinski definition) is 4. The van der Waals surface area contributed by atoms with Crippen molar-refractivity contribution in [1.82, 2.24) is 0 Å². The van der Waals surface area contributed by atoms with Crippen molar-refractivity contribution in [3.05, 3.63) is 92.1 Å². The number of hydrogen-bond donors (Lipinski definition) is 1. The van der Waals surface area contributed by atoms with Gasteiger partial charge in [-0.15, -0.1) is 11.3 Å². The van der Waals surface area contributed by atoms with Crippen molar-refractivity contribution in [2.75, 3.05) is 4.90 Å². The highest BCUT2D eigenvalue weighted by atomic mass is 35.5. The van der Waals surface area contributed by atoms with Gasteiger partial charge in [0.1, 0.15) is 11.8 Å². The minimum absolute atomic E-state index is 0.0321. The third-order valence-electron chi connectivity index (χ3n) is 4.46. The molecule has 1 aliphatic heterocycles. The SMILES string of the molecule is O=C1C(=O)N(c2ccc(Cl)cc2)C(c2cccs2)/C1=C(/O)c1cccc(Cl)c1. The van der Waals surface area contributed by atoms with E-state index in [-0.39, 0.29) is 11.3 Å². The Bertz CT molecular complexity index is 1090. The standard InChI is InChI=1S/C21H13Cl2NO3S/c22-13-6-8-15(9-7-13)24-18(16-5-2-10-28-16)17(20(26)21(24)27)19(25)12-3-1-4-14(23)11-12/h1-11,18,25H/b19-17-. The number of ketones is 1. The van der Waals surface area contributed by atoms with Gasteiger partial charge in [-0.1, -0.05) is 41.4 Å². The van der Waals surface area contributed by atoms with Gasteiger partial charge in [-0.25, -0.2) is 0 Å². The molecule has 4 rings (SSSR count). The lowest BCUT2D eigenvalue weighted by molar-refractivity contribution is -0.132. The highest BCUT2D eigenvalue weighted by molar-refractivity contribution is 7.10. The number of rotatable bonds is 3. The number of Topliss-reactive ketones (excluding diaryl/α,β-unsaturated/α-hetero) is 1. The lowest BCUT2D eigenvalue weighted by Crippen LogP contribution is -2.29. The molecule has 4 nitrogen and oxygen atoms in total.